The quantitative estimate of drug-likeness (QED) is 0.542. The third-order valence-corrected chi connectivity index (χ3v) is 4.07. The summed E-state index contributed by atoms with van der Waals surface area (Å²) in [5.74, 6) is 1.49. The minimum absolute atomic E-state index is 0.292. The second kappa shape index (κ2) is 4.35. The van der Waals surface area contributed by atoms with Crippen LogP contribution in [0.2, 0.25) is 0 Å². The van der Waals surface area contributed by atoms with Gasteiger partial charge in [0.05, 0.1) is 5.92 Å². The van der Waals surface area contributed by atoms with Gasteiger partial charge in [0, 0.05) is 49.0 Å². The molecule has 3 nitrogen and oxygen atoms in total. The van der Waals surface area contributed by atoms with E-state index >= 15 is 0 Å². The largest absolute Gasteiger partial charge is 0.342 e. The summed E-state index contributed by atoms with van der Waals surface area (Å²) >= 11 is 2.28. The minimum Gasteiger partial charge on any atom is -0.342 e. The number of halogens is 1. The second-order valence-corrected chi connectivity index (χ2v) is 5.90. The van der Waals surface area contributed by atoms with Gasteiger partial charge in [-0.2, -0.15) is 0 Å². The lowest BCUT2D eigenvalue weighted by Crippen LogP contribution is -2.52. The van der Waals surface area contributed by atoms with Crippen molar-refractivity contribution < 1.29 is 4.79 Å². The Balaban J connectivity index is 1.81. The van der Waals surface area contributed by atoms with E-state index in [1.165, 1.54) is 12.8 Å². The highest BCUT2D eigenvalue weighted by molar-refractivity contribution is 14.1. The average Bonchev–Trinajstić information content (AvgIpc) is 2.13. The van der Waals surface area contributed by atoms with Gasteiger partial charge >= 0.3 is 0 Å². The average molecular weight is 308 g/mol. The third-order valence-electron chi connectivity index (χ3n) is 3.28. The summed E-state index contributed by atoms with van der Waals surface area (Å²) in [5, 5.41) is 0. The number of nitrogens with zero attached hydrogens (tertiary/aromatic N) is 2. The maximum absolute atomic E-state index is 11.9. The van der Waals surface area contributed by atoms with Gasteiger partial charge in [-0.3, -0.25) is 4.79 Å². The molecule has 0 aromatic heterocycles. The van der Waals surface area contributed by atoms with E-state index < -0.39 is 0 Å². The molecule has 0 atom stereocenters. The fraction of sp³-hybridized carbons (Fsp3) is 0.900. The summed E-state index contributed by atoms with van der Waals surface area (Å²) in [5.41, 5.74) is 0. The zero-order valence-corrected chi connectivity index (χ0v) is 10.7. The van der Waals surface area contributed by atoms with Crippen LogP contribution in [-0.4, -0.2) is 40.1 Å². The van der Waals surface area contributed by atoms with Crippen LogP contribution in [0.1, 0.15) is 19.8 Å². The van der Waals surface area contributed by atoms with Crippen LogP contribution in [0.25, 0.3) is 0 Å². The topological polar surface area (TPSA) is 23.6 Å². The Morgan fingerprint density at radius 2 is 1.86 bits per heavy atom. The van der Waals surface area contributed by atoms with Gasteiger partial charge in [0.25, 0.3) is 0 Å². The van der Waals surface area contributed by atoms with Crippen LogP contribution >= 0.6 is 22.9 Å². The van der Waals surface area contributed by atoms with E-state index in [0.717, 1.165) is 32.1 Å². The molecule has 2 heterocycles. The van der Waals surface area contributed by atoms with Crippen molar-refractivity contribution in [3.63, 3.8) is 0 Å². The van der Waals surface area contributed by atoms with E-state index in [0.29, 0.717) is 11.8 Å². The molecule has 4 heteroatoms. The van der Waals surface area contributed by atoms with Crippen molar-refractivity contribution in [1.29, 1.82) is 0 Å². The first-order valence-electron chi connectivity index (χ1n) is 5.36. The van der Waals surface area contributed by atoms with Crippen LogP contribution in [0.3, 0.4) is 0 Å². The fourth-order valence-electron chi connectivity index (χ4n) is 2.07. The molecule has 0 N–H and O–H groups in total. The normalized spacial score (nSPS) is 26.3. The maximum Gasteiger partial charge on any atom is 0.228 e. The number of carbonyl (C=O) groups excluding carboxylic acids is 1. The van der Waals surface area contributed by atoms with Gasteiger partial charge in [-0.1, -0.05) is 6.92 Å². The molecule has 1 amide bonds. The van der Waals surface area contributed by atoms with Crippen molar-refractivity contribution >= 4 is 28.8 Å². The zero-order chi connectivity index (χ0) is 10.1. The monoisotopic (exact) mass is 308 g/mol. The van der Waals surface area contributed by atoms with Crippen LogP contribution in [0.15, 0.2) is 0 Å². The number of hydrogen-bond donors (Lipinski definition) is 0. The maximum atomic E-state index is 11.9. The molecule has 0 aromatic carbocycles. The van der Waals surface area contributed by atoms with E-state index in [4.69, 9.17) is 0 Å². The summed E-state index contributed by atoms with van der Waals surface area (Å²) in [4.78, 5) is 14.0. The molecular formula is C10H17IN2O. The third kappa shape index (κ3) is 2.21. The highest BCUT2D eigenvalue weighted by Crippen LogP contribution is 2.24. The molecule has 2 saturated heterocycles. The van der Waals surface area contributed by atoms with Crippen molar-refractivity contribution in [2.45, 2.75) is 19.8 Å². The van der Waals surface area contributed by atoms with Crippen molar-refractivity contribution in [1.82, 2.24) is 8.01 Å². The Morgan fingerprint density at radius 3 is 2.36 bits per heavy atom. The standard InChI is InChI=1S/C10H17IN2O/c1-8-2-4-12(5-3-8)10(14)9-6-13(11)7-9/h8-9H,2-7H2,1H3. The predicted octanol–water partition coefficient (Wildman–Crippen LogP) is 1.53. The first kappa shape index (κ1) is 10.7. The van der Waals surface area contributed by atoms with Gasteiger partial charge in [0.2, 0.25) is 5.91 Å². The van der Waals surface area contributed by atoms with Crippen molar-refractivity contribution in [3.05, 3.63) is 0 Å². The molecule has 2 aliphatic rings. The molecule has 0 bridgehead atoms. The smallest absolute Gasteiger partial charge is 0.228 e. The Morgan fingerprint density at radius 1 is 1.29 bits per heavy atom. The molecule has 0 spiro atoms. The minimum atomic E-state index is 0.292. The number of hydrogen-bond acceptors (Lipinski definition) is 2. The number of carbonyl (C=O) groups is 1. The highest BCUT2D eigenvalue weighted by Gasteiger charge is 2.34. The lowest BCUT2D eigenvalue weighted by atomic mass is 9.96. The molecule has 2 aliphatic heterocycles. The summed E-state index contributed by atoms with van der Waals surface area (Å²) < 4.78 is 2.17. The number of rotatable bonds is 1. The Labute approximate surface area is 99.3 Å². The number of piperidine rings is 1. The van der Waals surface area contributed by atoms with E-state index in [1.807, 2.05) is 0 Å². The van der Waals surface area contributed by atoms with Crippen molar-refractivity contribution in [2.24, 2.45) is 11.8 Å². The molecule has 0 aromatic rings. The first-order valence-corrected chi connectivity index (χ1v) is 6.33. The predicted molar refractivity (Wildman–Crippen MR) is 64.1 cm³/mol. The van der Waals surface area contributed by atoms with E-state index in [1.54, 1.807) is 0 Å². The van der Waals surface area contributed by atoms with Crippen LogP contribution in [-0.2, 0) is 4.79 Å². The molecule has 0 saturated carbocycles. The molecule has 14 heavy (non-hydrogen) atoms. The lowest BCUT2D eigenvalue weighted by molar-refractivity contribution is -0.139. The summed E-state index contributed by atoms with van der Waals surface area (Å²) in [6, 6.07) is 0. The molecular weight excluding hydrogens is 291 g/mol. The second-order valence-electron chi connectivity index (χ2n) is 4.53. The molecule has 0 aliphatic carbocycles. The lowest BCUT2D eigenvalue weighted by Gasteiger charge is -2.39. The number of likely N-dealkylation sites (tertiary alicyclic amines) is 1. The highest BCUT2D eigenvalue weighted by atomic mass is 127. The van der Waals surface area contributed by atoms with Gasteiger partial charge in [0.1, 0.15) is 0 Å². The van der Waals surface area contributed by atoms with Crippen LogP contribution < -0.4 is 0 Å². The van der Waals surface area contributed by atoms with Gasteiger partial charge in [-0.05, 0) is 18.8 Å². The SMILES string of the molecule is CC1CCN(C(=O)C2CN(I)C2)CC1. The van der Waals surface area contributed by atoms with E-state index in [-0.39, 0.29) is 0 Å². The Bertz CT molecular complexity index is 220. The van der Waals surface area contributed by atoms with Crippen molar-refractivity contribution in [3.8, 4) is 0 Å². The van der Waals surface area contributed by atoms with Gasteiger partial charge in [-0.25, -0.2) is 3.11 Å². The fourth-order valence-corrected chi connectivity index (χ4v) is 3.02. The van der Waals surface area contributed by atoms with E-state index in [9.17, 15) is 4.79 Å². The summed E-state index contributed by atoms with van der Waals surface area (Å²) in [6.45, 7) is 6.14. The first-order chi connectivity index (χ1) is 6.66. The molecule has 80 valence electrons. The Hall–Kier alpha value is 0.160. The van der Waals surface area contributed by atoms with Crippen LogP contribution in [0.5, 0.6) is 0 Å². The zero-order valence-electron chi connectivity index (χ0n) is 8.58. The summed E-state index contributed by atoms with van der Waals surface area (Å²) in [7, 11) is 0. The number of amides is 1. The van der Waals surface area contributed by atoms with Crippen molar-refractivity contribution in [2.75, 3.05) is 26.2 Å². The van der Waals surface area contributed by atoms with Gasteiger partial charge in [-0.15, -0.1) is 0 Å². The van der Waals surface area contributed by atoms with E-state index in [2.05, 4.69) is 37.8 Å². The van der Waals surface area contributed by atoms with Crippen LogP contribution in [0.4, 0.5) is 0 Å². The van der Waals surface area contributed by atoms with Gasteiger partial charge < -0.3 is 4.90 Å². The Kier molecular flexibility index (Phi) is 3.31. The molecule has 0 radical (unpaired) electrons. The summed E-state index contributed by atoms with van der Waals surface area (Å²) in [6.07, 6.45) is 2.37. The molecule has 2 fully saturated rings. The van der Waals surface area contributed by atoms with Gasteiger partial charge in [0.15, 0.2) is 0 Å². The molecule has 2 rings (SSSR count). The molecule has 0 unspecified atom stereocenters. The van der Waals surface area contributed by atoms with Crippen LogP contribution in [0, 0.1) is 11.8 Å².